The lowest BCUT2D eigenvalue weighted by atomic mass is 10.0. The SMILES string of the molecule is O=C(O)c1cc(-c2ccccc2)c(F)cc1O. The van der Waals surface area contributed by atoms with Crippen molar-refractivity contribution in [2.75, 3.05) is 0 Å². The van der Waals surface area contributed by atoms with E-state index in [2.05, 4.69) is 0 Å². The summed E-state index contributed by atoms with van der Waals surface area (Å²) in [4.78, 5) is 10.8. The zero-order valence-corrected chi connectivity index (χ0v) is 8.72. The minimum Gasteiger partial charge on any atom is -0.507 e. The molecule has 4 heteroatoms. The van der Waals surface area contributed by atoms with Crippen molar-refractivity contribution in [2.24, 2.45) is 0 Å². The molecule has 0 atom stereocenters. The van der Waals surface area contributed by atoms with Gasteiger partial charge in [0.2, 0.25) is 0 Å². The first-order valence-electron chi connectivity index (χ1n) is 4.91. The lowest BCUT2D eigenvalue weighted by Crippen LogP contribution is -1.98. The van der Waals surface area contributed by atoms with Gasteiger partial charge in [0.05, 0.1) is 0 Å². The molecule has 0 saturated carbocycles. The average Bonchev–Trinajstić information content (AvgIpc) is 2.29. The Bertz CT molecular complexity index is 564. The Morgan fingerprint density at radius 2 is 1.76 bits per heavy atom. The van der Waals surface area contributed by atoms with E-state index < -0.39 is 17.5 Å². The lowest BCUT2D eigenvalue weighted by Gasteiger charge is -2.06. The highest BCUT2D eigenvalue weighted by molar-refractivity contribution is 5.92. The largest absolute Gasteiger partial charge is 0.507 e. The molecule has 2 rings (SSSR count). The van der Waals surface area contributed by atoms with Gasteiger partial charge in [0.1, 0.15) is 17.1 Å². The molecule has 0 aromatic heterocycles. The van der Waals surface area contributed by atoms with Crippen LogP contribution >= 0.6 is 0 Å². The second-order valence-corrected chi connectivity index (χ2v) is 3.52. The number of carboxylic acid groups (broad SMARTS) is 1. The molecule has 17 heavy (non-hydrogen) atoms. The van der Waals surface area contributed by atoms with Gasteiger partial charge in [0.15, 0.2) is 0 Å². The number of hydrogen-bond donors (Lipinski definition) is 2. The third-order valence-electron chi connectivity index (χ3n) is 2.40. The predicted molar refractivity (Wildman–Crippen MR) is 60.5 cm³/mol. The molecule has 2 aromatic rings. The predicted octanol–water partition coefficient (Wildman–Crippen LogP) is 2.90. The normalized spacial score (nSPS) is 10.2. The third kappa shape index (κ3) is 2.10. The average molecular weight is 232 g/mol. The third-order valence-corrected chi connectivity index (χ3v) is 2.40. The van der Waals surface area contributed by atoms with Gasteiger partial charge in [-0.05, 0) is 11.6 Å². The van der Waals surface area contributed by atoms with Crippen molar-refractivity contribution in [1.29, 1.82) is 0 Å². The lowest BCUT2D eigenvalue weighted by molar-refractivity contribution is 0.0693. The Hall–Kier alpha value is -2.36. The van der Waals surface area contributed by atoms with E-state index in [0.717, 1.165) is 12.1 Å². The van der Waals surface area contributed by atoms with Crippen LogP contribution in [0.15, 0.2) is 42.5 Å². The number of rotatable bonds is 2. The molecule has 0 heterocycles. The molecular formula is C13H9FO3. The van der Waals surface area contributed by atoms with Crippen molar-refractivity contribution in [1.82, 2.24) is 0 Å². The molecule has 0 saturated heterocycles. The molecule has 0 spiro atoms. The molecule has 0 aliphatic rings. The first-order chi connectivity index (χ1) is 8.09. The van der Waals surface area contributed by atoms with E-state index in [9.17, 15) is 14.3 Å². The van der Waals surface area contributed by atoms with Gasteiger partial charge in [-0.3, -0.25) is 0 Å². The summed E-state index contributed by atoms with van der Waals surface area (Å²) in [6, 6.07) is 10.5. The summed E-state index contributed by atoms with van der Waals surface area (Å²) in [5.41, 5.74) is 0.401. The van der Waals surface area contributed by atoms with Crippen LogP contribution in [-0.2, 0) is 0 Å². The van der Waals surface area contributed by atoms with Gasteiger partial charge in [-0.1, -0.05) is 30.3 Å². The van der Waals surface area contributed by atoms with Gasteiger partial charge < -0.3 is 10.2 Å². The van der Waals surface area contributed by atoms with E-state index in [1.54, 1.807) is 30.3 Å². The zero-order chi connectivity index (χ0) is 12.4. The molecule has 0 bridgehead atoms. The van der Waals surface area contributed by atoms with Gasteiger partial charge in [0, 0.05) is 11.6 Å². The van der Waals surface area contributed by atoms with Crippen LogP contribution in [-0.4, -0.2) is 16.2 Å². The summed E-state index contributed by atoms with van der Waals surface area (Å²) >= 11 is 0. The first kappa shape index (κ1) is 11.1. The molecule has 2 aromatic carbocycles. The molecule has 2 N–H and O–H groups in total. The molecule has 0 unspecified atom stereocenters. The zero-order valence-electron chi connectivity index (χ0n) is 8.72. The summed E-state index contributed by atoms with van der Waals surface area (Å²) in [5.74, 6) is -2.52. The first-order valence-corrected chi connectivity index (χ1v) is 4.91. The number of phenols is 1. The number of benzene rings is 2. The molecule has 0 fully saturated rings. The number of carboxylic acids is 1. The second-order valence-electron chi connectivity index (χ2n) is 3.52. The number of aromatic hydroxyl groups is 1. The van der Waals surface area contributed by atoms with E-state index in [-0.39, 0.29) is 11.1 Å². The van der Waals surface area contributed by atoms with Crippen LogP contribution in [0.2, 0.25) is 0 Å². The Labute approximate surface area is 96.8 Å². The molecule has 0 radical (unpaired) electrons. The van der Waals surface area contributed by atoms with Crippen LogP contribution in [0.1, 0.15) is 10.4 Å². The fourth-order valence-corrected chi connectivity index (χ4v) is 1.57. The molecule has 86 valence electrons. The maximum Gasteiger partial charge on any atom is 0.339 e. The minimum atomic E-state index is -1.29. The Balaban J connectivity index is 2.63. The fourth-order valence-electron chi connectivity index (χ4n) is 1.57. The molecule has 0 amide bonds. The van der Waals surface area contributed by atoms with Crippen molar-refractivity contribution in [3.8, 4) is 16.9 Å². The standard InChI is InChI=1S/C13H9FO3/c14-11-7-12(15)10(13(16)17)6-9(11)8-4-2-1-3-5-8/h1-7,15H,(H,16,17). The highest BCUT2D eigenvalue weighted by Crippen LogP contribution is 2.29. The van der Waals surface area contributed by atoms with Crippen LogP contribution in [0.4, 0.5) is 4.39 Å². The van der Waals surface area contributed by atoms with E-state index in [0.29, 0.717) is 5.56 Å². The Morgan fingerprint density at radius 3 is 2.35 bits per heavy atom. The van der Waals surface area contributed by atoms with Crippen molar-refractivity contribution in [3.05, 3.63) is 53.8 Å². The van der Waals surface area contributed by atoms with Gasteiger partial charge >= 0.3 is 5.97 Å². The maximum absolute atomic E-state index is 13.6. The highest BCUT2D eigenvalue weighted by Gasteiger charge is 2.15. The van der Waals surface area contributed by atoms with Crippen LogP contribution in [0, 0.1) is 5.82 Å². The number of aromatic carboxylic acids is 1. The maximum atomic E-state index is 13.6. The highest BCUT2D eigenvalue weighted by atomic mass is 19.1. The quantitative estimate of drug-likeness (QED) is 0.836. The van der Waals surface area contributed by atoms with E-state index in [1.807, 2.05) is 0 Å². The van der Waals surface area contributed by atoms with E-state index in [1.165, 1.54) is 0 Å². The molecular weight excluding hydrogens is 223 g/mol. The van der Waals surface area contributed by atoms with Crippen LogP contribution < -0.4 is 0 Å². The van der Waals surface area contributed by atoms with Crippen LogP contribution in [0.25, 0.3) is 11.1 Å². The summed E-state index contributed by atoms with van der Waals surface area (Å²) in [6.45, 7) is 0. The minimum absolute atomic E-state index is 0.154. The monoisotopic (exact) mass is 232 g/mol. The van der Waals surface area contributed by atoms with Crippen molar-refractivity contribution in [2.45, 2.75) is 0 Å². The summed E-state index contributed by atoms with van der Waals surface area (Å²) < 4.78 is 13.6. The summed E-state index contributed by atoms with van der Waals surface area (Å²) in [5, 5.41) is 18.2. The Kier molecular flexibility index (Phi) is 2.78. The topological polar surface area (TPSA) is 57.5 Å². The van der Waals surface area contributed by atoms with E-state index >= 15 is 0 Å². The van der Waals surface area contributed by atoms with Gasteiger partial charge in [-0.25, -0.2) is 9.18 Å². The second kappa shape index (κ2) is 4.25. The van der Waals surface area contributed by atoms with Crippen LogP contribution in [0.3, 0.4) is 0 Å². The summed E-state index contributed by atoms with van der Waals surface area (Å²) in [6.07, 6.45) is 0. The Morgan fingerprint density at radius 1 is 1.12 bits per heavy atom. The van der Waals surface area contributed by atoms with E-state index in [4.69, 9.17) is 5.11 Å². The van der Waals surface area contributed by atoms with Gasteiger partial charge in [-0.2, -0.15) is 0 Å². The summed E-state index contributed by atoms with van der Waals surface area (Å²) in [7, 11) is 0. The van der Waals surface area contributed by atoms with Crippen molar-refractivity contribution >= 4 is 5.97 Å². The molecule has 3 nitrogen and oxygen atoms in total. The van der Waals surface area contributed by atoms with Crippen LogP contribution in [0.5, 0.6) is 5.75 Å². The fraction of sp³-hybridized carbons (Fsp3) is 0. The smallest absolute Gasteiger partial charge is 0.339 e. The number of hydrogen-bond acceptors (Lipinski definition) is 2. The molecule has 0 aliphatic carbocycles. The number of halogens is 1. The molecule has 0 aliphatic heterocycles. The van der Waals surface area contributed by atoms with Crippen molar-refractivity contribution < 1.29 is 19.4 Å². The van der Waals surface area contributed by atoms with Gasteiger partial charge in [-0.15, -0.1) is 0 Å². The van der Waals surface area contributed by atoms with Gasteiger partial charge in [0.25, 0.3) is 0 Å². The number of carbonyl (C=O) groups is 1. The van der Waals surface area contributed by atoms with Crippen molar-refractivity contribution in [3.63, 3.8) is 0 Å².